The van der Waals surface area contributed by atoms with Gasteiger partial charge in [-0.15, -0.1) is 0 Å². The van der Waals surface area contributed by atoms with Crippen molar-refractivity contribution < 1.29 is 9.53 Å². The number of carbonyl (C=O) groups is 1. The van der Waals surface area contributed by atoms with Crippen LogP contribution in [0.2, 0.25) is 0 Å². The molecule has 1 saturated carbocycles. The lowest BCUT2D eigenvalue weighted by Crippen LogP contribution is -2.47. The molecule has 204 valence electrons. The molecule has 9 nitrogen and oxygen atoms in total. The van der Waals surface area contributed by atoms with Crippen LogP contribution in [-0.2, 0) is 15.6 Å². The van der Waals surface area contributed by atoms with Gasteiger partial charge in [0.25, 0.3) is 5.91 Å². The predicted octanol–water partition coefficient (Wildman–Crippen LogP) is 4.56. The first-order valence-electron chi connectivity index (χ1n) is 13.7. The van der Waals surface area contributed by atoms with Crippen molar-refractivity contribution in [3.63, 3.8) is 0 Å². The van der Waals surface area contributed by atoms with Crippen molar-refractivity contribution in [2.24, 2.45) is 0 Å². The largest absolute Gasteiger partial charge is 0.379 e. The average Bonchev–Trinajstić information content (AvgIpc) is 3.35. The first-order valence-corrected chi connectivity index (χ1v) is 13.7. The van der Waals surface area contributed by atoms with E-state index < -0.39 is 5.41 Å². The lowest BCUT2D eigenvalue weighted by molar-refractivity contribution is 0.00493. The summed E-state index contributed by atoms with van der Waals surface area (Å²) in [6.07, 6.45) is 8.58. The number of rotatable bonds is 5. The predicted molar refractivity (Wildman–Crippen MR) is 149 cm³/mol. The summed E-state index contributed by atoms with van der Waals surface area (Å²) in [5.41, 5.74) is 3.08. The Morgan fingerprint density at radius 3 is 2.41 bits per heavy atom. The molecule has 3 aromatic heterocycles. The smallest absolute Gasteiger partial charge is 0.259 e. The molecule has 2 aliphatic rings. The minimum Gasteiger partial charge on any atom is -0.379 e. The Hall–Kier alpha value is -3.61. The van der Waals surface area contributed by atoms with Crippen LogP contribution in [-0.4, -0.2) is 62.9 Å². The maximum Gasteiger partial charge on any atom is 0.259 e. The Bertz CT molecular complexity index is 1340. The summed E-state index contributed by atoms with van der Waals surface area (Å²) in [5, 5.41) is 17.5. The van der Waals surface area contributed by atoms with Gasteiger partial charge < -0.3 is 10.1 Å². The van der Waals surface area contributed by atoms with E-state index in [0.29, 0.717) is 28.8 Å². The van der Waals surface area contributed by atoms with Crippen LogP contribution in [0.15, 0.2) is 42.9 Å². The Labute approximate surface area is 230 Å². The van der Waals surface area contributed by atoms with Gasteiger partial charge in [0.2, 0.25) is 0 Å². The van der Waals surface area contributed by atoms with E-state index in [0.717, 1.165) is 63.2 Å². The number of pyridine rings is 2. The molecule has 1 saturated heterocycles. The molecular weight excluding hydrogens is 490 g/mol. The molecule has 0 bridgehead atoms. The van der Waals surface area contributed by atoms with Crippen molar-refractivity contribution >= 4 is 11.6 Å². The molecule has 5 rings (SSSR count). The van der Waals surface area contributed by atoms with E-state index >= 15 is 0 Å². The van der Waals surface area contributed by atoms with Gasteiger partial charge in [-0.3, -0.25) is 14.7 Å². The highest BCUT2D eigenvalue weighted by atomic mass is 16.5. The minimum absolute atomic E-state index is 0.00846. The molecule has 0 atom stereocenters. The summed E-state index contributed by atoms with van der Waals surface area (Å²) in [5.74, 6) is 0.399. The summed E-state index contributed by atoms with van der Waals surface area (Å²) >= 11 is 0. The van der Waals surface area contributed by atoms with Crippen molar-refractivity contribution in [2.45, 2.75) is 70.3 Å². The van der Waals surface area contributed by atoms with Gasteiger partial charge in [-0.2, -0.15) is 10.4 Å². The van der Waals surface area contributed by atoms with Gasteiger partial charge in [-0.05, 0) is 61.8 Å². The highest BCUT2D eigenvalue weighted by Gasteiger charge is 2.40. The van der Waals surface area contributed by atoms with E-state index in [1.807, 2.05) is 37.4 Å². The number of hydrogen-bond donors (Lipinski definition) is 1. The van der Waals surface area contributed by atoms with E-state index in [4.69, 9.17) is 4.74 Å². The van der Waals surface area contributed by atoms with Gasteiger partial charge in [0, 0.05) is 25.3 Å². The van der Waals surface area contributed by atoms with Crippen LogP contribution in [0.4, 0.5) is 5.69 Å². The van der Waals surface area contributed by atoms with Crippen LogP contribution in [0, 0.1) is 18.3 Å². The molecule has 1 aliphatic carbocycles. The Kier molecular flexibility index (Phi) is 7.52. The van der Waals surface area contributed by atoms with E-state index in [1.165, 1.54) is 0 Å². The van der Waals surface area contributed by atoms with Crippen LogP contribution in [0.3, 0.4) is 0 Å². The summed E-state index contributed by atoms with van der Waals surface area (Å²) in [6, 6.07) is 10.8. The van der Waals surface area contributed by atoms with Crippen molar-refractivity contribution in [3.8, 4) is 11.9 Å². The molecule has 39 heavy (non-hydrogen) atoms. The number of aromatic nitrogens is 4. The maximum absolute atomic E-state index is 13.1. The SMILES string of the molecule is Cc1c(C(=O)Nc2ccc(C3(C#N)CCC(N4CCOCC4)CC3)nc2)cnn1-c1ccc(C(C)(C)C)cn1. The third-order valence-electron chi connectivity index (χ3n) is 8.18. The molecular formula is C30H37N7O2. The number of anilines is 1. The summed E-state index contributed by atoms with van der Waals surface area (Å²) in [6.45, 7) is 11.8. The second kappa shape index (κ2) is 10.9. The standard InChI is InChI=1S/C30H37N7O2/c1-21-25(19-34-37(21)27-8-5-22(17-33-27)29(2,3)4)28(38)35-23-6-7-26(32-18-23)30(20-31)11-9-24(10-12-30)36-13-15-39-16-14-36/h5-8,17-19,24H,9-16H2,1-4H3,(H,35,38). The number of amides is 1. The van der Waals surface area contributed by atoms with E-state index in [9.17, 15) is 10.1 Å². The quantitative estimate of drug-likeness (QED) is 0.518. The number of nitrogens with zero attached hydrogens (tertiary/aromatic N) is 6. The summed E-state index contributed by atoms with van der Waals surface area (Å²) in [7, 11) is 0. The lowest BCUT2D eigenvalue weighted by Gasteiger charge is -2.41. The van der Waals surface area contributed by atoms with Crippen LogP contribution in [0.25, 0.3) is 5.82 Å². The highest BCUT2D eigenvalue weighted by molar-refractivity contribution is 6.04. The fourth-order valence-electron chi connectivity index (χ4n) is 5.60. The first kappa shape index (κ1) is 27.0. The lowest BCUT2D eigenvalue weighted by atomic mass is 9.71. The van der Waals surface area contributed by atoms with Gasteiger partial charge >= 0.3 is 0 Å². The van der Waals surface area contributed by atoms with Crippen LogP contribution >= 0.6 is 0 Å². The third kappa shape index (κ3) is 5.58. The number of carbonyl (C=O) groups excluding carboxylic acids is 1. The molecule has 0 radical (unpaired) electrons. The molecule has 1 N–H and O–H groups in total. The van der Waals surface area contributed by atoms with Crippen LogP contribution in [0.1, 0.15) is 73.8 Å². The Balaban J connectivity index is 1.24. The van der Waals surface area contributed by atoms with E-state index in [1.54, 1.807) is 17.1 Å². The van der Waals surface area contributed by atoms with E-state index in [-0.39, 0.29) is 11.3 Å². The van der Waals surface area contributed by atoms with Gasteiger partial charge in [0.05, 0.1) is 59.7 Å². The average molecular weight is 528 g/mol. The van der Waals surface area contributed by atoms with Crippen LogP contribution in [0.5, 0.6) is 0 Å². The first-order chi connectivity index (χ1) is 18.7. The van der Waals surface area contributed by atoms with Crippen molar-refractivity contribution in [3.05, 3.63) is 65.4 Å². The van der Waals surface area contributed by atoms with Crippen molar-refractivity contribution in [1.82, 2.24) is 24.6 Å². The number of hydrogen-bond acceptors (Lipinski definition) is 7. The zero-order valence-electron chi connectivity index (χ0n) is 23.3. The molecule has 3 aromatic rings. The summed E-state index contributed by atoms with van der Waals surface area (Å²) < 4.78 is 7.16. The summed E-state index contributed by atoms with van der Waals surface area (Å²) in [4.78, 5) is 24.8. The maximum atomic E-state index is 13.1. The second-order valence-electron chi connectivity index (χ2n) is 11.7. The highest BCUT2D eigenvalue weighted by Crippen LogP contribution is 2.40. The zero-order valence-corrected chi connectivity index (χ0v) is 23.3. The van der Waals surface area contributed by atoms with Crippen molar-refractivity contribution in [1.29, 1.82) is 5.26 Å². The number of nitrogens with one attached hydrogen (secondary N) is 1. The van der Waals surface area contributed by atoms with Gasteiger partial charge in [-0.1, -0.05) is 26.8 Å². The normalized spacial score (nSPS) is 22.3. The second-order valence-corrected chi connectivity index (χ2v) is 11.7. The fourth-order valence-corrected chi connectivity index (χ4v) is 5.60. The van der Waals surface area contributed by atoms with Gasteiger partial charge in [-0.25, -0.2) is 9.67 Å². The van der Waals surface area contributed by atoms with Gasteiger partial charge in [0.1, 0.15) is 0 Å². The minimum atomic E-state index is -0.585. The molecule has 1 amide bonds. The number of nitriles is 1. The Morgan fingerprint density at radius 1 is 1.08 bits per heavy atom. The number of ether oxygens (including phenoxy) is 1. The van der Waals surface area contributed by atoms with Gasteiger partial charge in [0.15, 0.2) is 5.82 Å². The molecule has 0 spiro atoms. The fraction of sp³-hybridized carbons (Fsp3) is 0.500. The molecule has 2 fully saturated rings. The molecule has 4 heterocycles. The Morgan fingerprint density at radius 2 is 1.82 bits per heavy atom. The topological polar surface area (TPSA) is 109 Å². The zero-order chi connectivity index (χ0) is 27.6. The molecule has 0 aromatic carbocycles. The molecule has 9 heteroatoms. The number of morpholine rings is 1. The van der Waals surface area contributed by atoms with Crippen LogP contribution < -0.4 is 5.32 Å². The molecule has 0 unspecified atom stereocenters. The monoisotopic (exact) mass is 527 g/mol. The molecule has 1 aliphatic heterocycles. The van der Waals surface area contributed by atoms with Crippen molar-refractivity contribution in [2.75, 3.05) is 31.6 Å². The third-order valence-corrected chi connectivity index (χ3v) is 8.18. The van der Waals surface area contributed by atoms with E-state index in [2.05, 4.69) is 52.1 Å².